The molecule has 1 atom stereocenters. The van der Waals surface area contributed by atoms with Gasteiger partial charge in [0, 0.05) is 35.9 Å². The minimum atomic E-state index is -0.189. The van der Waals surface area contributed by atoms with Gasteiger partial charge in [0.15, 0.2) is 6.61 Å². The summed E-state index contributed by atoms with van der Waals surface area (Å²) in [7, 11) is 0. The molecule has 2 N–H and O–H groups in total. The second-order valence-electron chi connectivity index (χ2n) is 7.29. The lowest BCUT2D eigenvalue weighted by atomic mass is 10.1. The molecule has 2 heterocycles. The number of amides is 2. The summed E-state index contributed by atoms with van der Waals surface area (Å²) in [4.78, 5) is 26.2. The first-order valence-corrected chi connectivity index (χ1v) is 9.73. The zero-order chi connectivity index (χ0) is 19.7. The average molecular weight is 400 g/mol. The zero-order valence-corrected chi connectivity index (χ0v) is 16.4. The van der Waals surface area contributed by atoms with E-state index in [-0.39, 0.29) is 18.4 Å². The van der Waals surface area contributed by atoms with Gasteiger partial charge in [-0.15, -0.1) is 0 Å². The van der Waals surface area contributed by atoms with E-state index in [1.54, 1.807) is 18.2 Å². The summed E-state index contributed by atoms with van der Waals surface area (Å²) in [5.74, 6) is 0.581. The molecular formula is C21H22ClN3O3. The predicted molar refractivity (Wildman–Crippen MR) is 109 cm³/mol. The minimum Gasteiger partial charge on any atom is -0.482 e. The molecule has 1 fully saturated rings. The van der Waals surface area contributed by atoms with Crippen molar-refractivity contribution in [1.29, 1.82) is 0 Å². The fourth-order valence-electron chi connectivity index (χ4n) is 3.70. The van der Waals surface area contributed by atoms with Crippen LogP contribution in [0.25, 0.3) is 0 Å². The van der Waals surface area contributed by atoms with Gasteiger partial charge in [-0.3, -0.25) is 9.59 Å². The first-order chi connectivity index (χ1) is 13.5. The number of aryl methyl sites for hydroxylation is 1. The molecule has 2 aliphatic rings. The van der Waals surface area contributed by atoms with Crippen molar-refractivity contribution in [2.24, 2.45) is 5.92 Å². The Labute approximate surface area is 168 Å². The van der Waals surface area contributed by atoms with Crippen molar-refractivity contribution in [2.75, 3.05) is 36.5 Å². The molecule has 2 aromatic rings. The number of nitrogens with zero attached hydrogens (tertiary/aromatic N) is 1. The van der Waals surface area contributed by atoms with Crippen LogP contribution >= 0.6 is 11.6 Å². The van der Waals surface area contributed by atoms with Gasteiger partial charge in [-0.05, 0) is 55.2 Å². The maximum absolute atomic E-state index is 12.5. The predicted octanol–water partition coefficient (Wildman–Crippen LogP) is 3.24. The Kier molecular flexibility index (Phi) is 5.13. The smallest absolute Gasteiger partial charge is 0.262 e. The fourth-order valence-corrected chi connectivity index (χ4v) is 3.86. The van der Waals surface area contributed by atoms with E-state index in [4.69, 9.17) is 16.3 Å². The lowest BCUT2D eigenvalue weighted by Gasteiger charge is -2.21. The van der Waals surface area contributed by atoms with Gasteiger partial charge in [0.05, 0.1) is 5.69 Å². The number of rotatable bonds is 4. The van der Waals surface area contributed by atoms with E-state index < -0.39 is 0 Å². The quantitative estimate of drug-likeness (QED) is 0.828. The number of anilines is 2. The molecular weight excluding hydrogens is 378 g/mol. The number of hydrogen-bond acceptors (Lipinski definition) is 4. The Morgan fingerprint density at radius 2 is 2.18 bits per heavy atom. The van der Waals surface area contributed by atoms with Crippen LogP contribution < -0.4 is 20.3 Å². The number of benzene rings is 2. The van der Waals surface area contributed by atoms with Gasteiger partial charge in [0.2, 0.25) is 0 Å². The largest absolute Gasteiger partial charge is 0.482 e. The molecule has 146 valence electrons. The molecule has 2 amide bonds. The maximum Gasteiger partial charge on any atom is 0.262 e. The molecule has 6 nitrogen and oxygen atoms in total. The van der Waals surface area contributed by atoms with E-state index in [0.29, 0.717) is 29.5 Å². The topological polar surface area (TPSA) is 70.7 Å². The van der Waals surface area contributed by atoms with E-state index >= 15 is 0 Å². The maximum atomic E-state index is 12.5. The number of carbonyl (C=O) groups excluding carboxylic acids is 2. The van der Waals surface area contributed by atoms with Crippen LogP contribution in [0.3, 0.4) is 0 Å². The van der Waals surface area contributed by atoms with E-state index in [1.165, 1.54) is 5.56 Å². The SMILES string of the molecule is Cc1ccc(Cl)cc1N1CCC(CNC(=O)c2ccc3c(c2)OCC(=O)N3)C1. The lowest BCUT2D eigenvalue weighted by Crippen LogP contribution is -2.31. The van der Waals surface area contributed by atoms with Gasteiger partial charge >= 0.3 is 0 Å². The van der Waals surface area contributed by atoms with Crippen LogP contribution in [-0.2, 0) is 4.79 Å². The molecule has 28 heavy (non-hydrogen) atoms. The Balaban J connectivity index is 1.34. The molecule has 1 unspecified atom stereocenters. The summed E-state index contributed by atoms with van der Waals surface area (Å²) in [6.45, 7) is 4.51. The second kappa shape index (κ2) is 7.72. The summed E-state index contributed by atoms with van der Waals surface area (Å²) in [5, 5.41) is 6.48. The Bertz CT molecular complexity index is 931. The van der Waals surface area contributed by atoms with Crippen molar-refractivity contribution in [1.82, 2.24) is 5.32 Å². The molecule has 4 rings (SSSR count). The third kappa shape index (κ3) is 3.92. The first-order valence-electron chi connectivity index (χ1n) is 9.35. The Hall–Kier alpha value is -2.73. The van der Waals surface area contributed by atoms with E-state index in [2.05, 4.69) is 22.5 Å². The van der Waals surface area contributed by atoms with Crippen LogP contribution in [0, 0.1) is 12.8 Å². The Morgan fingerprint density at radius 1 is 1.32 bits per heavy atom. The van der Waals surface area contributed by atoms with Crippen molar-refractivity contribution in [2.45, 2.75) is 13.3 Å². The standard InChI is InChI=1S/C21H22ClN3O3/c1-13-2-4-16(22)9-18(13)25-7-6-14(11-25)10-23-21(27)15-3-5-17-19(8-15)28-12-20(26)24-17/h2-5,8-9,14H,6-7,10-12H2,1H3,(H,23,27)(H,24,26). The number of hydrogen-bond donors (Lipinski definition) is 2. The number of fused-ring (bicyclic) bond motifs is 1. The van der Waals surface area contributed by atoms with Crippen molar-refractivity contribution >= 4 is 34.8 Å². The summed E-state index contributed by atoms with van der Waals surface area (Å²) in [6.07, 6.45) is 1.02. The number of nitrogens with one attached hydrogen (secondary N) is 2. The average Bonchev–Trinajstić information content (AvgIpc) is 3.16. The minimum absolute atomic E-state index is 0.0289. The third-order valence-electron chi connectivity index (χ3n) is 5.23. The zero-order valence-electron chi connectivity index (χ0n) is 15.6. The van der Waals surface area contributed by atoms with Crippen LogP contribution in [-0.4, -0.2) is 38.1 Å². The van der Waals surface area contributed by atoms with Crippen molar-refractivity contribution in [3.05, 3.63) is 52.5 Å². The molecule has 2 aromatic carbocycles. The first kappa shape index (κ1) is 18.6. The highest BCUT2D eigenvalue weighted by molar-refractivity contribution is 6.30. The summed E-state index contributed by atoms with van der Waals surface area (Å²) in [6, 6.07) is 11.0. The second-order valence-corrected chi connectivity index (χ2v) is 7.73. The van der Waals surface area contributed by atoms with Crippen molar-refractivity contribution in [3.8, 4) is 5.75 Å². The highest BCUT2D eigenvalue weighted by Crippen LogP contribution is 2.30. The van der Waals surface area contributed by atoms with E-state index in [9.17, 15) is 9.59 Å². The van der Waals surface area contributed by atoms with Crippen molar-refractivity contribution in [3.63, 3.8) is 0 Å². The lowest BCUT2D eigenvalue weighted by molar-refractivity contribution is -0.118. The van der Waals surface area contributed by atoms with Crippen LogP contribution in [0.5, 0.6) is 5.75 Å². The molecule has 0 spiro atoms. The van der Waals surface area contributed by atoms with E-state index in [0.717, 1.165) is 30.2 Å². The summed E-state index contributed by atoms with van der Waals surface area (Å²) in [5.41, 5.74) is 3.48. The number of ether oxygens (including phenoxy) is 1. The summed E-state index contributed by atoms with van der Waals surface area (Å²) >= 11 is 6.14. The number of carbonyl (C=O) groups is 2. The monoisotopic (exact) mass is 399 g/mol. The van der Waals surface area contributed by atoms with Gasteiger partial charge in [-0.25, -0.2) is 0 Å². The van der Waals surface area contributed by atoms with Crippen LogP contribution in [0.15, 0.2) is 36.4 Å². The molecule has 0 bridgehead atoms. The molecule has 0 aromatic heterocycles. The van der Waals surface area contributed by atoms with Gasteiger partial charge in [-0.2, -0.15) is 0 Å². The fraction of sp³-hybridized carbons (Fsp3) is 0.333. The highest BCUT2D eigenvalue weighted by atomic mass is 35.5. The molecule has 0 radical (unpaired) electrons. The normalized spacial score (nSPS) is 18.3. The van der Waals surface area contributed by atoms with Crippen molar-refractivity contribution < 1.29 is 14.3 Å². The van der Waals surface area contributed by atoms with Crippen LogP contribution in [0.1, 0.15) is 22.3 Å². The molecule has 2 aliphatic heterocycles. The van der Waals surface area contributed by atoms with Crippen LogP contribution in [0.4, 0.5) is 11.4 Å². The van der Waals surface area contributed by atoms with Gasteiger partial charge < -0.3 is 20.3 Å². The molecule has 1 saturated heterocycles. The third-order valence-corrected chi connectivity index (χ3v) is 5.46. The van der Waals surface area contributed by atoms with Crippen LogP contribution in [0.2, 0.25) is 5.02 Å². The highest BCUT2D eigenvalue weighted by Gasteiger charge is 2.25. The van der Waals surface area contributed by atoms with Gasteiger partial charge in [0.25, 0.3) is 11.8 Å². The number of halogens is 1. The molecule has 0 saturated carbocycles. The Morgan fingerprint density at radius 3 is 3.04 bits per heavy atom. The molecule has 7 heteroatoms. The van der Waals surface area contributed by atoms with Gasteiger partial charge in [-0.1, -0.05) is 17.7 Å². The summed E-state index contributed by atoms with van der Waals surface area (Å²) < 4.78 is 5.38. The van der Waals surface area contributed by atoms with E-state index in [1.807, 2.05) is 18.2 Å². The van der Waals surface area contributed by atoms with Gasteiger partial charge in [0.1, 0.15) is 5.75 Å². The molecule has 0 aliphatic carbocycles.